The quantitative estimate of drug-likeness (QED) is 0.387. The normalized spacial score (nSPS) is 22.2. The van der Waals surface area contributed by atoms with E-state index in [1.54, 1.807) is 30.5 Å². The van der Waals surface area contributed by atoms with E-state index < -0.39 is 42.1 Å². The Morgan fingerprint density at radius 2 is 1.88 bits per heavy atom. The summed E-state index contributed by atoms with van der Waals surface area (Å²) in [6, 6.07) is 9.65. The van der Waals surface area contributed by atoms with Crippen molar-refractivity contribution >= 4 is 17.6 Å². The Balaban J connectivity index is 1.32. The van der Waals surface area contributed by atoms with E-state index in [9.17, 15) is 31.5 Å². The zero-order valence-corrected chi connectivity index (χ0v) is 21.3. The molecule has 3 atom stereocenters. The Labute approximate surface area is 226 Å². The van der Waals surface area contributed by atoms with Gasteiger partial charge in [-0.15, -0.1) is 0 Å². The van der Waals surface area contributed by atoms with Gasteiger partial charge in [0, 0.05) is 25.2 Å². The van der Waals surface area contributed by atoms with Crippen molar-refractivity contribution in [2.45, 2.75) is 69.3 Å². The number of amides is 2. The highest BCUT2D eigenvalue weighted by Gasteiger charge is 2.47. The molecule has 13 heteroatoms. The number of rotatable bonds is 7. The molecule has 3 heterocycles. The molecular formula is C27H28F5N5O3. The molecule has 1 unspecified atom stereocenters. The molecule has 3 aromatic rings. The molecule has 0 radical (unpaired) electrons. The average molecular weight is 566 g/mol. The van der Waals surface area contributed by atoms with E-state index >= 15 is 0 Å². The van der Waals surface area contributed by atoms with E-state index in [0.717, 1.165) is 5.56 Å². The van der Waals surface area contributed by atoms with Gasteiger partial charge in [0.05, 0.1) is 23.6 Å². The van der Waals surface area contributed by atoms with Crippen molar-refractivity contribution in [1.82, 2.24) is 25.2 Å². The van der Waals surface area contributed by atoms with Gasteiger partial charge in [0.15, 0.2) is 5.65 Å². The van der Waals surface area contributed by atoms with Gasteiger partial charge in [-0.3, -0.25) is 4.79 Å². The molecular weight excluding hydrogens is 537 g/mol. The van der Waals surface area contributed by atoms with Crippen LogP contribution in [-0.4, -0.2) is 44.7 Å². The molecule has 1 aromatic carbocycles. The van der Waals surface area contributed by atoms with Gasteiger partial charge >= 0.3 is 12.3 Å². The van der Waals surface area contributed by atoms with Crippen LogP contribution in [0.5, 0.6) is 0 Å². The summed E-state index contributed by atoms with van der Waals surface area (Å²) in [7, 11) is 0. The number of fused-ring (bicyclic) bond motifs is 1. The molecule has 1 aliphatic carbocycles. The minimum atomic E-state index is -4.52. The molecule has 0 bridgehead atoms. The number of benzene rings is 1. The predicted molar refractivity (Wildman–Crippen MR) is 132 cm³/mol. The molecule has 1 aliphatic heterocycles. The van der Waals surface area contributed by atoms with Crippen molar-refractivity contribution in [3.05, 3.63) is 65.6 Å². The number of hydrogen-bond acceptors (Lipinski definition) is 5. The van der Waals surface area contributed by atoms with Gasteiger partial charge in [0.2, 0.25) is 11.8 Å². The fourth-order valence-electron chi connectivity index (χ4n) is 5.30. The minimum absolute atomic E-state index is 0.00701. The van der Waals surface area contributed by atoms with Crippen LogP contribution in [0.2, 0.25) is 0 Å². The third-order valence-corrected chi connectivity index (χ3v) is 7.49. The number of aromatic nitrogens is 3. The lowest BCUT2D eigenvalue weighted by molar-refractivity contribution is -0.154. The minimum Gasteiger partial charge on any atom is -0.445 e. The summed E-state index contributed by atoms with van der Waals surface area (Å²) in [4.78, 5) is 29.4. The molecule has 2 aliphatic rings. The summed E-state index contributed by atoms with van der Waals surface area (Å²) in [6.07, 6.45) is -4.34. The third kappa shape index (κ3) is 6.50. The fraction of sp³-hybridized carbons (Fsp3) is 0.481. The molecule has 5 rings (SSSR count). The summed E-state index contributed by atoms with van der Waals surface area (Å²) in [5.74, 6) is -4.64. The van der Waals surface area contributed by atoms with Crippen LogP contribution in [0.4, 0.5) is 26.7 Å². The summed E-state index contributed by atoms with van der Waals surface area (Å²) in [5, 5.41) is 9.19. The Kier molecular flexibility index (Phi) is 7.65. The van der Waals surface area contributed by atoms with Crippen LogP contribution < -0.4 is 10.6 Å². The molecule has 2 amide bonds. The van der Waals surface area contributed by atoms with Crippen molar-refractivity contribution in [3.63, 3.8) is 0 Å². The number of imidazole rings is 1. The topological polar surface area (TPSA) is 97.6 Å². The molecule has 8 nitrogen and oxygen atoms in total. The van der Waals surface area contributed by atoms with Crippen LogP contribution >= 0.6 is 0 Å². The molecule has 40 heavy (non-hydrogen) atoms. The number of nitrogens with zero attached hydrogens (tertiary/aromatic N) is 3. The van der Waals surface area contributed by atoms with E-state index in [0.29, 0.717) is 17.0 Å². The second kappa shape index (κ2) is 11.0. The van der Waals surface area contributed by atoms with Crippen molar-refractivity contribution in [3.8, 4) is 0 Å². The van der Waals surface area contributed by atoms with Gasteiger partial charge in [0.25, 0.3) is 0 Å². The Bertz CT molecular complexity index is 1350. The number of nitrogens with one attached hydrogen (secondary N) is 2. The monoisotopic (exact) mass is 565 g/mol. The number of ether oxygens (including phenoxy) is 1. The summed E-state index contributed by atoms with van der Waals surface area (Å²) >= 11 is 0. The van der Waals surface area contributed by atoms with E-state index in [1.807, 2.05) is 23.5 Å². The molecule has 214 valence electrons. The highest BCUT2D eigenvalue weighted by Crippen LogP contribution is 2.41. The van der Waals surface area contributed by atoms with Gasteiger partial charge in [-0.2, -0.15) is 18.3 Å². The fourth-order valence-corrected chi connectivity index (χ4v) is 5.30. The number of carbonyl (C=O) groups excluding carboxylic acids is 2. The van der Waals surface area contributed by atoms with Gasteiger partial charge in [0.1, 0.15) is 12.6 Å². The largest absolute Gasteiger partial charge is 0.445 e. The van der Waals surface area contributed by atoms with E-state index in [2.05, 4.69) is 15.4 Å². The highest BCUT2D eigenvalue weighted by molar-refractivity contribution is 5.81. The lowest BCUT2D eigenvalue weighted by Crippen LogP contribution is -2.38. The summed E-state index contributed by atoms with van der Waals surface area (Å²) < 4.78 is 73.6. The van der Waals surface area contributed by atoms with Crippen molar-refractivity contribution < 1.29 is 36.3 Å². The first kappa shape index (κ1) is 27.8. The van der Waals surface area contributed by atoms with Crippen LogP contribution in [0.1, 0.15) is 55.1 Å². The van der Waals surface area contributed by atoms with Crippen molar-refractivity contribution in [1.29, 1.82) is 0 Å². The molecule has 2 aromatic heterocycles. The van der Waals surface area contributed by atoms with Crippen LogP contribution in [0, 0.1) is 11.8 Å². The van der Waals surface area contributed by atoms with Gasteiger partial charge in [-0.05, 0) is 42.9 Å². The first-order valence-corrected chi connectivity index (χ1v) is 13.0. The smallest absolute Gasteiger partial charge is 0.408 e. The van der Waals surface area contributed by atoms with Crippen LogP contribution in [0.25, 0.3) is 5.65 Å². The number of carbonyl (C=O) groups is 2. The second-order valence-electron chi connectivity index (χ2n) is 10.4. The lowest BCUT2D eigenvalue weighted by Gasteiger charge is -2.33. The van der Waals surface area contributed by atoms with Gasteiger partial charge in [-0.25, -0.2) is 23.1 Å². The van der Waals surface area contributed by atoms with Crippen LogP contribution in [-0.2, 0) is 22.6 Å². The third-order valence-electron chi connectivity index (χ3n) is 7.49. The molecule has 0 spiro atoms. The Hall–Kier alpha value is -3.77. The highest BCUT2D eigenvalue weighted by atomic mass is 19.4. The van der Waals surface area contributed by atoms with Crippen LogP contribution in [0.15, 0.2) is 48.7 Å². The molecule has 1 saturated heterocycles. The standard InChI is InChI=1S/C27H28F5N5O3/c28-26(29)10-8-17(9-11-26)23(35-25(39)40-15-16-4-2-1-3-5-16)20-14-37-22(33-20)7-6-19(36-37)12-18-13-21(27(30,31)32)34-24(18)38/h1-7,14,17-18,21,23H,8-13,15H2,(H,34,38)(H,35,39)/t18?,21-,23-/m0/s1. The average Bonchev–Trinajstić information content (AvgIpc) is 3.50. The van der Waals surface area contributed by atoms with Gasteiger partial charge < -0.3 is 15.4 Å². The van der Waals surface area contributed by atoms with Crippen LogP contribution in [0.3, 0.4) is 0 Å². The zero-order chi connectivity index (χ0) is 28.5. The number of alkyl halides is 5. The summed E-state index contributed by atoms with van der Waals surface area (Å²) in [5.41, 5.74) is 1.97. The number of alkyl carbamates (subject to hydrolysis) is 1. The SMILES string of the molecule is O=C(N[C@H](c1cn2nc(CC3C[C@@H](C(F)(F)F)NC3=O)ccc2n1)C1CCC(F)(F)CC1)OCc1ccccc1. The summed E-state index contributed by atoms with van der Waals surface area (Å²) in [6.45, 7) is 0.0299. The first-order valence-electron chi connectivity index (χ1n) is 13.0. The van der Waals surface area contributed by atoms with E-state index in [1.165, 1.54) is 4.52 Å². The van der Waals surface area contributed by atoms with Crippen molar-refractivity contribution in [2.24, 2.45) is 11.8 Å². The van der Waals surface area contributed by atoms with E-state index in [-0.39, 0.29) is 51.0 Å². The second-order valence-corrected chi connectivity index (χ2v) is 10.4. The predicted octanol–water partition coefficient (Wildman–Crippen LogP) is 5.13. The molecule has 2 fully saturated rings. The first-order chi connectivity index (χ1) is 19.0. The maximum atomic E-state index is 13.9. The van der Waals surface area contributed by atoms with E-state index in [4.69, 9.17) is 4.74 Å². The maximum absolute atomic E-state index is 13.9. The maximum Gasteiger partial charge on any atom is 0.408 e. The lowest BCUT2D eigenvalue weighted by atomic mass is 9.81. The van der Waals surface area contributed by atoms with Gasteiger partial charge in [-0.1, -0.05) is 30.3 Å². The molecule has 2 N–H and O–H groups in total. The molecule has 1 saturated carbocycles. The number of halogens is 5. The zero-order valence-electron chi connectivity index (χ0n) is 21.3. The Morgan fingerprint density at radius 3 is 2.55 bits per heavy atom. The van der Waals surface area contributed by atoms with Crippen molar-refractivity contribution in [2.75, 3.05) is 0 Å². The Morgan fingerprint density at radius 1 is 1.15 bits per heavy atom. The number of hydrogen-bond donors (Lipinski definition) is 2.